The quantitative estimate of drug-likeness (QED) is 0.853. The molecule has 21 heavy (non-hydrogen) atoms. The summed E-state index contributed by atoms with van der Waals surface area (Å²) in [5.41, 5.74) is 2.85. The van der Waals surface area contributed by atoms with Gasteiger partial charge in [-0.2, -0.15) is 0 Å². The molecule has 1 aromatic carbocycles. The molecule has 108 valence electrons. The molecule has 1 aliphatic rings. The Hall–Kier alpha value is -1.94. The van der Waals surface area contributed by atoms with E-state index in [1.807, 2.05) is 36.6 Å². The molecule has 0 saturated heterocycles. The number of hydrogen-bond acceptors (Lipinski definition) is 3. The first-order chi connectivity index (χ1) is 10.2. The van der Waals surface area contributed by atoms with Crippen LogP contribution in [0, 0.1) is 12.8 Å². The van der Waals surface area contributed by atoms with Gasteiger partial charge in [0, 0.05) is 22.5 Å². The number of thiazole rings is 1. The van der Waals surface area contributed by atoms with Crippen molar-refractivity contribution in [1.82, 2.24) is 4.98 Å². The summed E-state index contributed by atoms with van der Waals surface area (Å²) in [6.45, 7) is 2.00. The van der Waals surface area contributed by atoms with E-state index in [0.717, 1.165) is 41.2 Å². The predicted molar refractivity (Wildman–Crippen MR) is 87.4 cm³/mol. The van der Waals surface area contributed by atoms with Gasteiger partial charge >= 0.3 is 0 Å². The number of nitrogens with zero attached hydrogens (tertiary/aromatic N) is 1. The van der Waals surface area contributed by atoms with Crippen molar-refractivity contribution in [3.63, 3.8) is 0 Å². The molecular weight excluding hydrogens is 280 g/mol. The summed E-state index contributed by atoms with van der Waals surface area (Å²) >= 11 is 1.64. The zero-order valence-electron chi connectivity index (χ0n) is 12.0. The second-order valence-corrected chi connectivity index (χ2v) is 6.37. The summed E-state index contributed by atoms with van der Waals surface area (Å²) in [6.07, 6.45) is 7.03. The monoisotopic (exact) mass is 298 g/mol. The summed E-state index contributed by atoms with van der Waals surface area (Å²) in [7, 11) is 0. The van der Waals surface area contributed by atoms with Gasteiger partial charge < -0.3 is 5.32 Å². The van der Waals surface area contributed by atoms with Crippen LogP contribution in [0.4, 0.5) is 5.69 Å². The van der Waals surface area contributed by atoms with Crippen molar-refractivity contribution in [3.05, 3.63) is 46.8 Å². The molecule has 1 amide bonds. The largest absolute Gasteiger partial charge is 0.326 e. The summed E-state index contributed by atoms with van der Waals surface area (Å²) in [4.78, 5) is 16.7. The van der Waals surface area contributed by atoms with Gasteiger partial charge in [0.15, 0.2) is 0 Å². The molecule has 0 spiro atoms. The molecule has 0 saturated carbocycles. The zero-order valence-corrected chi connectivity index (χ0v) is 12.8. The van der Waals surface area contributed by atoms with Gasteiger partial charge in [-0.15, -0.1) is 11.3 Å². The number of anilines is 1. The molecule has 0 aliphatic heterocycles. The van der Waals surface area contributed by atoms with Crippen LogP contribution in [0.5, 0.6) is 0 Å². The minimum atomic E-state index is 0.0974. The third-order valence-corrected chi connectivity index (χ3v) is 4.46. The average molecular weight is 298 g/mol. The van der Waals surface area contributed by atoms with Gasteiger partial charge in [0.2, 0.25) is 5.91 Å². The number of rotatable bonds is 3. The maximum atomic E-state index is 12.3. The van der Waals surface area contributed by atoms with E-state index in [0.29, 0.717) is 0 Å². The highest BCUT2D eigenvalue weighted by Crippen LogP contribution is 2.25. The summed E-state index contributed by atoms with van der Waals surface area (Å²) in [5, 5.41) is 6.12. The molecule has 0 fully saturated rings. The normalized spacial score (nSPS) is 17.7. The van der Waals surface area contributed by atoms with E-state index < -0.39 is 0 Å². The van der Waals surface area contributed by atoms with Gasteiger partial charge in [0.1, 0.15) is 0 Å². The zero-order chi connectivity index (χ0) is 14.7. The molecule has 3 rings (SSSR count). The number of amides is 1. The molecule has 1 atom stereocenters. The van der Waals surface area contributed by atoms with Gasteiger partial charge in [-0.3, -0.25) is 4.79 Å². The van der Waals surface area contributed by atoms with Crippen molar-refractivity contribution < 1.29 is 4.79 Å². The minimum Gasteiger partial charge on any atom is -0.326 e. The van der Waals surface area contributed by atoms with E-state index in [-0.39, 0.29) is 11.8 Å². The molecular formula is C17H18N2OS. The number of nitrogens with one attached hydrogen (secondary N) is 1. The fraction of sp³-hybridized carbons (Fsp3) is 0.294. The SMILES string of the molecule is Cc1nc(-c2cccc(NC(=O)[C@@H]3CC=CCC3)c2)cs1. The Bertz CT molecular complexity index is 675. The van der Waals surface area contributed by atoms with Crippen LogP contribution in [0.1, 0.15) is 24.3 Å². The van der Waals surface area contributed by atoms with Crippen LogP contribution in [-0.2, 0) is 4.79 Å². The van der Waals surface area contributed by atoms with Crippen molar-refractivity contribution in [2.45, 2.75) is 26.2 Å². The standard InChI is InChI=1S/C17H18N2OS/c1-12-18-16(11-21-12)14-8-5-9-15(10-14)19-17(20)13-6-3-2-4-7-13/h2-3,5,8-11,13H,4,6-7H2,1H3,(H,19,20)/t13-/m1/s1. The Kier molecular flexibility index (Phi) is 4.15. The summed E-state index contributed by atoms with van der Waals surface area (Å²) < 4.78 is 0. The molecule has 0 bridgehead atoms. The van der Waals surface area contributed by atoms with Crippen LogP contribution in [0.3, 0.4) is 0 Å². The molecule has 1 aromatic heterocycles. The number of aryl methyl sites for hydroxylation is 1. The van der Waals surface area contributed by atoms with Gasteiger partial charge in [-0.1, -0.05) is 24.3 Å². The lowest BCUT2D eigenvalue weighted by atomic mass is 9.93. The summed E-state index contributed by atoms with van der Waals surface area (Å²) in [5.74, 6) is 0.214. The first kappa shape index (κ1) is 14.0. The van der Waals surface area contributed by atoms with Crippen molar-refractivity contribution >= 4 is 22.9 Å². The average Bonchev–Trinajstić information content (AvgIpc) is 2.95. The van der Waals surface area contributed by atoms with E-state index in [4.69, 9.17) is 0 Å². The lowest BCUT2D eigenvalue weighted by molar-refractivity contribution is -0.120. The Morgan fingerprint density at radius 2 is 2.29 bits per heavy atom. The first-order valence-corrected chi connectivity index (χ1v) is 8.09. The van der Waals surface area contributed by atoms with Crippen LogP contribution in [0.15, 0.2) is 41.8 Å². The maximum Gasteiger partial charge on any atom is 0.227 e. The first-order valence-electron chi connectivity index (χ1n) is 7.21. The van der Waals surface area contributed by atoms with E-state index in [1.165, 1.54) is 0 Å². The third kappa shape index (κ3) is 3.39. The van der Waals surface area contributed by atoms with Crippen LogP contribution in [-0.4, -0.2) is 10.9 Å². The minimum absolute atomic E-state index is 0.0974. The topological polar surface area (TPSA) is 42.0 Å². The smallest absolute Gasteiger partial charge is 0.227 e. The molecule has 2 aromatic rings. The second kappa shape index (κ2) is 6.22. The highest BCUT2D eigenvalue weighted by molar-refractivity contribution is 7.09. The fourth-order valence-electron chi connectivity index (χ4n) is 2.53. The van der Waals surface area contributed by atoms with Gasteiger partial charge in [0.25, 0.3) is 0 Å². The Balaban J connectivity index is 1.74. The molecule has 1 heterocycles. The molecule has 1 N–H and O–H groups in total. The summed E-state index contributed by atoms with van der Waals surface area (Å²) in [6, 6.07) is 7.90. The van der Waals surface area contributed by atoms with Gasteiger partial charge in [-0.25, -0.2) is 4.98 Å². The highest BCUT2D eigenvalue weighted by Gasteiger charge is 2.18. The number of hydrogen-bond donors (Lipinski definition) is 1. The molecule has 1 aliphatic carbocycles. The molecule has 0 radical (unpaired) electrons. The molecule has 3 nitrogen and oxygen atoms in total. The molecule has 0 unspecified atom stereocenters. The number of carbonyl (C=O) groups is 1. The van der Waals surface area contributed by atoms with Crippen molar-refractivity contribution in [2.24, 2.45) is 5.92 Å². The molecule has 4 heteroatoms. The van der Waals surface area contributed by atoms with E-state index in [1.54, 1.807) is 11.3 Å². The second-order valence-electron chi connectivity index (χ2n) is 5.30. The lowest BCUT2D eigenvalue weighted by Crippen LogP contribution is -2.23. The van der Waals surface area contributed by atoms with Gasteiger partial charge in [0.05, 0.1) is 10.7 Å². The Morgan fingerprint density at radius 1 is 1.38 bits per heavy atom. The van der Waals surface area contributed by atoms with Gasteiger partial charge in [-0.05, 0) is 38.3 Å². The van der Waals surface area contributed by atoms with E-state index in [2.05, 4.69) is 22.5 Å². The Morgan fingerprint density at radius 3 is 3.00 bits per heavy atom. The maximum absolute atomic E-state index is 12.3. The van der Waals surface area contributed by atoms with Crippen molar-refractivity contribution in [3.8, 4) is 11.3 Å². The fourth-order valence-corrected chi connectivity index (χ4v) is 3.15. The van der Waals surface area contributed by atoms with Crippen LogP contribution >= 0.6 is 11.3 Å². The van der Waals surface area contributed by atoms with Crippen LogP contribution in [0.25, 0.3) is 11.3 Å². The van der Waals surface area contributed by atoms with Crippen LogP contribution < -0.4 is 5.32 Å². The van der Waals surface area contributed by atoms with Crippen molar-refractivity contribution in [1.29, 1.82) is 0 Å². The number of aromatic nitrogens is 1. The van der Waals surface area contributed by atoms with E-state index >= 15 is 0 Å². The van der Waals surface area contributed by atoms with Crippen LogP contribution in [0.2, 0.25) is 0 Å². The highest BCUT2D eigenvalue weighted by atomic mass is 32.1. The number of carbonyl (C=O) groups excluding carboxylic acids is 1. The van der Waals surface area contributed by atoms with Crippen molar-refractivity contribution in [2.75, 3.05) is 5.32 Å². The number of allylic oxidation sites excluding steroid dienone is 2. The lowest BCUT2D eigenvalue weighted by Gasteiger charge is -2.17. The predicted octanol–water partition coefficient (Wildman–Crippen LogP) is 4.41. The van der Waals surface area contributed by atoms with E-state index in [9.17, 15) is 4.79 Å². The Labute approximate surface area is 128 Å². The number of benzene rings is 1. The third-order valence-electron chi connectivity index (χ3n) is 3.68.